The van der Waals surface area contributed by atoms with Gasteiger partial charge in [-0.15, -0.1) is 0 Å². The van der Waals surface area contributed by atoms with Crippen LogP contribution in [0.25, 0.3) is 0 Å². The second kappa shape index (κ2) is 5.87. The molecular formula is C18H19FN2O4S. The van der Waals surface area contributed by atoms with Gasteiger partial charge in [-0.2, -0.15) is 0 Å². The fourth-order valence-corrected chi connectivity index (χ4v) is 4.30. The van der Waals surface area contributed by atoms with Crippen molar-refractivity contribution in [2.24, 2.45) is 0 Å². The van der Waals surface area contributed by atoms with Gasteiger partial charge in [0, 0.05) is 16.8 Å². The van der Waals surface area contributed by atoms with Gasteiger partial charge in [-0.25, -0.2) is 17.5 Å². The minimum absolute atomic E-state index is 0.00218. The molecule has 0 saturated heterocycles. The van der Waals surface area contributed by atoms with Crippen LogP contribution < -0.4 is 10.0 Å². The first-order chi connectivity index (χ1) is 11.9. The molecule has 0 spiro atoms. The molecule has 2 aromatic carbocycles. The van der Waals surface area contributed by atoms with Gasteiger partial charge in [-0.3, -0.25) is 4.79 Å². The zero-order valence-electron chi connectivity index (χ0n) is 14.5. The SMILES string of the molecule is CC(C)(C)NS(=O)(=O)c1ccc(C2(O)C(=O)Nc3ccc(F)cc32)cc1. The van der Waals surface area contributed by atoms with Crippen LogP contribution in [0.5, 0.6) is 0 Å². The largest absolute Gasteiger partial charge is 0.372 e. The van der Waals surface area contributed by atoms with E-state index in [2.05, 4.69) is 10.0 Å². The second-order valence-corrected chi connectivity index (χ2v) is 8.92. The number of rotatable bonds is 3. The summed E-state index contributed by atoms with van der Waals surface area (Å²) in [5, 5.41) is 13.4. The number of hydrogen-bond donors (Lipinski definition) is 3. The van der Waals surface area contributed by atoms with Crippen LogP contribution in [-0.4, -0.2) is 25.0 Å². The lowest BCUT2D eigenvalue weighted by molar-refractivity contribution is -0.129. The van der Waals surface area contributed by atoms with Crippen molar-refractivity contribution in [1.29, 1.82) is 0 Å². The van der Waals surface area contributed by atoms with Gasteiger partial charge in [0.25, 0.3) is 5.91 Å². The molecule has 0 aliphatic carbocycles. The lowest BCUT2D eigenvalue weighted by atomic mass is 9.87. The molecule has 1 atom stereocenters. The van der Waals surface area contributed by atoms with Crippen molar-refractivity contribution in [3.05, 3.63) is 59.4 Å². The van der Waals surface area contributed by atoms with Gasteiger partial charge in [0.05, 0.1) is 4.90 Å². The molecule has 1 unspecified atom stereocenters. The van der Waals surface area contributed by atoms with E-state index in [1.54, 1.807) is 20.8 Å². The molecule has 0 radical (unpaired) electrons. The molecule has 1 aliphatic heterocycles. The van der Waals surface area contributed by atoms with E-state index in [-0.39, 0.29) is 16.0 Å². The van der Waals surface area contributed by atoms with E-state index >= 15 is 0 Å². The first-order valence-electron chi connectivity index (χ1n) is 7.92. The molecule has 6 nitrogen and oxygen atoms in total. The smallest absolute Gasteiger partial charge is 0.265 e. The number of halogens is 1. The van der Waals surface area contributed by atoms with Crippen LogP contribution in [0.2, 0.25) is 0 Å². The zero-order valence-corrected chi connectivity index (χ0v) is 15.3. The first kappa shape index (κ1) is 18.5. The van der Waals surface area contributed by atoms with Crippen molar-refractivity contribution in [3.8, 4) is 0 Å². The average molecular weight is 378 g/mol. The van der Waals surface area contributed by atoms with Crippen molar-refractivity contribution in [1.82, 2.24) is 4.72 Å². The highest BCUT2D eigenvalue weighted by Crippen LogP contribution is 2.41. The summed E-state index contributed by atoms with van der Waals surface area (Å²) < 4.78 is 40.8. The highest BCUT2D eigenvalue weighted by Gasteiger charge is 2.47. The van der Waals surface area contributed by atoms with Crippen molar-refractivity contribution < 1.29 is 22.7 Å². The highest BCUT2D eigenvalue weighted by molar-refractivity contribution is 7.89. The molecule has 3 N–H and O–H groups in total. The molecule has 3 rings (SSSR count). The molecule has 8 heteroatoms. The number of carbonyl (C=O) groups excluding carboxylic acids is 1. The minimum atomic E-state index is -3.75. The number of hydrogen-bond acceptors (Lipinski definition) is 4. The molecular weight excluding hydrogens is 359 g/mol. The Labute approximate surface area is 151 Å². The molecule has 0 fully saturated rings. The van der Waals surface area contributed by atoms with E-state index in [9.17, 15) is 22.7 Å². The number of aliphatic hydroxyl groups is 1. The Kier molecular flexibility index (Phi) is 4.18. The Bertz CT molecular complexity index is 981. The molecule has 2 aromatic rings. The number of sulfonamides is 1. The standard InChI is InChI=1S/C18H19FN2O4S/c1-17(2,3)21-26(24,25)13-7-4-11(5-8-13)18(23)14-10-12(19)6-9-15(14)20-16(18)22/h4-10,21,23H,1-3H3,(H,20,22). The van der Waals surface area contributed by atoms with E-state index in [4.69, 9.17) is 0 Å². The Hall–Kier alpha value is -2.29. The van der Waals surface area contributed by atoms with Crippen LogP contribution in [0.15, 0.2) is 47.4 Å². The van der Waals surface area contributed by atoms with E-state index in [1.807, 2.05) is 0 Å². The summed E-state index contributed by atoms with van der Waals surface area (Å²) in [5.41, 5.74) is -2.20. The van der Waals surface area contributed by atoms with Crippen molar-refractivity contribution in [2.45, 2.75) is 36.8 Å². The summed E-state index contributed by atoms with van der Waals surface area (Å²) in [6.07, 6.45) is 0. The fraction of sp³-hybridized carbons (Fsp3) is 0.278. The van der Waals surface area contributed by atoms with Crippen LogP contribution in [0.4, 0.5) is 10.1 Å². The van der Waals surface area contributed by atoms with Crippen LogP contribution in [-0.2, 0) is 20.4 Å². The van der Waals surface area contributed by atoms with Crippen LogP contribution in [0.3, 0.4) is 0 Å². The van der Waals surface area contributed by atoms with Crippen LogP contribution >= 0.6 is 0 Å². The summed E-state index contributed by atoms with van der Waals surface area (Å²) in [5.74, 6) is -1.31. The molecule has 0 bridgehead atoms. The third-order valence-corrected chi connectivity index (χ3v) is 5.75. The zero-order chi connectivity index (χ0) is 19.3. The number of anilines is 1. The van der Waals surface area contributed by atoms with Gasteiger partial charge in [-0.1, -0.05) is 12.1 Å². The maximum atomic E-state index is 13.6. The van der Waals surface area contributed by atoms with Crippen LogP contribution in [0.1, 0.15) is 31.9 Å². The topological polar surface area (TPSA) is 95.5 Å². The summed E-state index contributed by atoms with van der Waals surface area (Å²) in [4.78, 5) is 12.3. The summed E-state index contributed by atoms with van der Waals surface area (Å²) in [7, 11) is -3.75. The van der Waals surface area contributed by atoms with Gasteiger partial charge >= 0.3 is 0 Å². The monoisotopic (exact) mass is 378 g/mol. The molecule has 1 heterocycles. The van der Waals surface area contributed by atoms with Crippen molar-refractivity contribution in [3.63, 3.8) is 0 Å². The predicted octanol–water partition coefficient (Wildman–Crippen LogP) is 2.09. The first-order valence-corrected chi connectivity index (χ1v) is 9.40. The quantitative estimate of drug-likeness (QED) is 0.762. The lowest BCUT2D eigenvalue weighted by Gasteiger charge is -2.23. The Morgan fingerprint density at radius 3 is 2.31 bits per heavy atom. The number of amides is 1. The molecule has 0 aromatic heterocycles. The molecule has 1 aliphatic rings. The molecule has 0 saturated carbocycles. The third kappa shape index (κ3) is 3.11. The number of fused-ring (bicyclic) bond motifs is 1. The normalized spacial score (nSPS) is 20.0. The molecule has 1 amide bonds. The predicted molar refractivity (Wildman–Crippen MR) is 94.5 cm³/mol. The van der Waals surface area contributed by atoms with Gasteiger partial charge in [0.1, 0.15) is 5.82 Å². The summed E-state index contributed by atoms with van der Waals surface area (Å²) in [6, 6.07) is 8.91. The van der Waals surface area contributed by atoms with Gasteiger partial charge in [0.2, 0.25) is 10.0 Å². The fourth-order valence-electron chi connectivity index (χ4n) is 2.88. The van der Waals surface area contributed by atoms with E-state index in [0.29, 0.717) is 5.69 Å². The highest BCUT2D eigenvalue weighted by atomic mass is 32.2. The van der Waals surface area contributed by atoms with E-state index in [1.165, 1.54) is 36.4 Å². The maximum absolute atomic E-state index is 13.6. The van der Waals surface area contributed by atoms with Gasteiger partial charge < -0.3 is 10.4 Å². The lowest BCUT2D eigenvalue weighted by Crippen LogP contribution is -2.40. The maximum Gasteiger partial charge on any atom is 0.265 e. The Balaban J connectivity index is 2.02. The molecule has 26 heavy (non-hydrogen) atoms. The Morgan fingerprint density at radius 1 is 1.12 bits per heavy atom. The van der Waals surface area contributed by atoms with Crippen molar-refractivity contribution >= 4 is 21.6 Å². The second-order valence-electron chi connectivity index (χ2n) is 7.23. The minimum Gasteiger partial charge on any atom is -0.372 e. The third-order valence-electron chi connectivity index (χ3n) is 3.97. The van der Waals surface area contributed by atoms with E-state index < -0.39 is 32.9 Å². The Morgan fingerprint density at radius 2 is 1.73 bits per heavy atom. The number of carbonyl (C=O) groups is 1. The van der Waals surface area contributed by atoms with Gasteiger partial charge in [-0.05, 0) is 56.7 Å². The van der Waals surface area contributed by atoms with Gasteiger partial charge in [0.15, 0.2) is 5.60 Å². The average Bonchev–Trinajstić information content (AvgIpc) is 2.78. The van der Waals surface area contributed by atoms with Crippen molar-refractivity contribution in [2.75, 3.05) is 5.32 Å². The number of benzene rings is 2. The summed E-state index contributed by atoms with van der Waals surface area (Å²) in [6.45, 7) is 5.15. The van der Waals surface area contributed by atoms with Crippen LogP contribution in [0, 0.1) is 5.82 Å². The molecule has 138 valence electrons. The number of nitrogens with one attached hydrogen (secondary N) is 2. The van der Waals surface area contributed by atoms with E-state index in [0.717, 1.165) is 6.07 Å². The summed E-state index contributed by atoms with van der Waals surface area (Å²) >= 11 is 0.